The van der Waals surface area contributed by atoms with E-state index >= 15 is 0 Å². The van der Waals surface area contributed by atoms with Crippen molar-refractivity contribution >= 4 is 39.7 Å². The van der Waals surface area contributed by atoms with Gasteiger partial charge in [-0.2, -0.15) is 11.8 Å². The van der Waals surface area contributed by atoms with Crippen LogP contribution < -0.4 is 20.7 Å². The Kier molecular flexibility index (Phi) is 4.39. The first-order valence-electron chi connectivity index (χ1n) is 6.47. The number of nitrogens with zero attached hydrogens (tertiary/aromatic N) is 1. The first-order chi connectivity index (χ1) is 9.39. The first-order valence-corrected chi connectivity index (χ1v) is 8.27. The number of amides is 1. The molecule has 1 aliphatic heterocycles. The number of carbonyl (C=O) groups excluding carboxylic acids is 1. The lowest BCUT2D eigenvalue weighted by Crippen LogP contribution is -2.42. The molecule has 7 heteroatoms. The number of hydrogen-bond donors (Lipinski definition) is 2. The van der Waals surface area contributed by atoms with Gasteiger partial charge in [0.2, 0.25) is 0 Å². The fourth-order valence-corrected chi connectivity index (χ4v) is 4.57. The fraction of sp³-hybridized carbons (Fsp3) is 0.615. The molecule has 0 aromatic carbocycles. The van der Waals surface area contributed by atoms with Crippen LogP contribution in [0.3, 0.4) is 0 Å². The summed E-state index contributed by atoms with van der Waals surface area (Å²) in [7, 11) is 3.20. The van der Waals surface area contributed by atoms with E-state index in [9.17, 15) is 4.79 Å². The van der Waals surface area contributed by atoms with Gasteiger partial charge in [-0.15, -0.1) is 11.3 Å². The summed E-state index contributed by atoms with van der Waals surface area (Å²) in [5.41, 5.74) is 6.49. The van der Waals surface area contributed by atoms with Gasteiger partial charge in [-0.25, -0.2) is 0 Å². The summed E-state index contributed by atoms with van der Waals surface area (Å²) in [6.07, 6.45) is 0. The molecule has 20 heavy (non-hydrogen) atoms. The minimum absolute atomic E-state index is 0.164. The van der Waals surface area contributed by atoms with Crippen LogP contribution in [-0.2, 0) is 0 Å². The van der Waals surface area contributed by atoms with Crippen molar-refractivity contribution in [3.8, 4) is 5.75 Å². The molecule has 0 spiro atoms. The second-order valence-electron chi connectivity index (χ2n) is 5.29. The molecular formula is C13H21N3O2S2. The van der Waals surface area contributed by atoms with Crippen LogP contribution in [0.1, 0.15) is 23.5 Å². The zero-order valence-electron chi connectivity index (χ0n) is 12.3. The van der Waals surface area contributed by atoms with Crippen molar-refractivity contribution in [1.82, 2.24) is 5.32 Å². The van der Waals surface area contributed by atoms with Gasteiger partial charge in [0.1, 0.15) is 15.6 Å². The van der Waals surface area contributed by atoms with Crippen LogP contribution in [-0.4, -0.2) is 43.7 Å². The summed E-state index contributed by atoms with van der Waals surface area (Å²) >= 11 is 3.37. The van der Waals surface area contributed by atoms with E-state index in [4.69, 9.17) is 10.5 Å². The molecular weight excluding hydrogens is 294 g/mol. The summed E-state index contributed by atoms with van der Waals surface area (Å²) in [4.78, 5) is 14.7. The minimum Gasteiger partial charge on any atom is -0.492 e. The molecule has 1 fully saturated rings. The lowest BCUT2D eigenvalue weighted by atomic mass is 10.2. The molecule has 0 bridgehead atoms. The quantitative estimate of drug-likeness (QED) is 0.893. The standard InChI is InChI=1S/C13H21N3O2S2/c1-13(2)7-16(5-6-19-13)12-9(18-4)8(14)10(20-12)11(17)15-3/h5-7,14H2,1-4H3,(H,15,17). The largest absolute Gasteiger partial charge is 0.492 e. The minimum atomic E-state index is -0.164. The molecule has 3 N–H and O–H groups in total. The molecule has 1 aromatic rings. The van der Waals surface area contributed by atoms with Crippen molar-refractivity contribution in [3.05, 3.63) is 4.88 Å². The monoisotopic (exact) mass is 315 g/mol. The Morgan fingerprint density at radius 3 is 2.75 bits per heavy atom. The third-order valence-electron chi connectivity index (χ3n) is 3.23. The van der Waals surface area contributed by atoms with E-state index in [0.717, 1.165) is 23.8 Å². The number of nitrogen functional groups attached to an aromatic ring is 1. The zero-order valence-corrected chi connectivity index (χ0v) is 13.9. The van der Waals surface area contributed by atoms with Crippen molar-refractivity contribution in [2.75, 3.05) is 43.6 Å². The van der Waals surface area contributed by atoms with Crippen LogP contribution in [0.15, 0.2) is 0 Å². The maximum absolute atomic E-state index is 11.9. The molecule has 0 radical (unpaired) electrons. The molecule has 0 aliphatic carbocycles. The lowest BCUT2D eigenvalue weighted by molar-refractivity contribution is 0.0967. The average Bonchev–Trinajstić information content (AvgIpc) is 2.73. The highest BCUT2D eigenvalue weighted by Crippen LogP contribution is 2.46. The predicted octanol–water partition coefficient (Wildman–Crippen LogP) is 2.03. The van der Waals surface area contributed by atoms with Gasteiger partial charge >= 0.3 is 0 Å². The molecule has 1 aliphatic rings. The third-order valence-corrected chi connectivity index (χ3v) is 5.78. The number of anilines is 2. The van der Waals surface area contributed by atoms with E-state index < -0.39 is 0 Å². The average molecular weight is 315 g/mol. The molecule has 1 saturated heterocycles. The molecule has 5 nitrogen and oxygen atoms in total. The summed E-state index contributed by atoms with van der Waals surface area (Å²) in [5.74, 6) is 1.52. The number of nitrogens with two attached hydrogens (primary N) is 1. The van der Waals surface area contributed by atoms with Crippen LogP contribution in [0.25, 0.3) is 0 Å². The predicted molar refractivity (Wildman–Crippen MR) is 87.4 cm³/mol. The van der Waals surface area contributed by atoms with Crippen molar-refractivity contribution in [1.29, 1.82) is 0 Å². The van der Waals surface area contributed by atoms with Crippen molar-refractivity contribution in [2.24, 2.45) is 0 Å². The molecule has 2 rings (SSSR count). The van der Waals surface area contributed by atoms with Gasteiger partial charge in [0.05, 0.1) is 7.11 Å². The maximum atomic E-state index is 11.9. The normalized spacial score (nSPS) is 17.9. The van der Waals surface area contributed by atoms with Gasteiger partial charge in [0.25, 0.3) is 5.91 Å². The number of ether oxygens (including phenoxy) is 1. The van der Waals surface area contributed by atoms with Crippen molar-refractivity contribution in [2.45, 2.75) is 18.6 Å². The molecule has 0 saturated carbocycles. The maximum Gasteiger partial charge on any atom is 0.263 e. The van der Waals surface area contributed by atoms with Crippen LogP contribution in [0, 0.1) is 0 Å². The van der Waals surface area contributed by atoms with E-state index in [0.29, 0.717) is 16.3 Å². The Morgan fingerprint density at radius 1 is 1.50 bits per heavy atom. The summed E-state index contributed by atoms with van der Waals surface area (Å²) < 4.78 is 5.62. The molecule has 0 atom stereocenters. The smallest absolute Gasteiger partial charge is 0.263 e. The Morgan fingerprint density at radius 2 is 2.20 bits per heavy atom. The Hall–Kier alpha value is -1.08. The SMILES string of the molecule is CNC(=O)c1sc(N2CCSC(C)(C)C2)c(OC)c1N. The van der Waals surface area contributed by atoms with Gasteiger partial charge in [0, 0.05) is 30.6 Å². The number of rotatable bonds is 3. The topological polar surface area (TPSA) is 67.6 Å². The van der Waals surface area contributed by atoms with E-state index in [1.807, 2.05) is 11.8 Å². The van der Waals surface area contributed by atoms with E-state index in [1.54, 1.807) is 14.2 Å². The highest BCUT2D eigenvalue weighted by Gasteiger charge is 2.31. The van der Waals surface area contributed by atoms with Crippen LogP contribution in [0.5, 0.6) is 5.75 Å². The van der Waals surface area contributed by atoms with Gasteiger partial charge in [-0.3, -0.25) is 4.79 Å². The number of methoxy groups -OCH3 is 1. The van der Waals surface area contributed by atoms with Gasteiger partial charge in [0.15, 0.2) is 5.75 Å². The van der Waals surface area contributed by atoms with Crippen molar-refractivity contribution in [3.63, 3.8) is 0 Å². The van der Waals surface area contributed by atoms with E-state index in [-0.39, 0.29) is 10.7 Å². The zero-order chi connectivity index (χ0) is 14.9. The van der Waals surface area contributed by atoms with Gasteiger partial charge in [-0.05, 0) is 13.8 Å². The van der Waals surface area contributed by atoms with Crippen molar-refractivity contribution < 1.29 is 9.53 Å². The van der Waals surface area contributed by atoms with E-state index in [2.05, 4.69) is 24.1 Å². The Balaban J connectivity index is 2.38. The number of thioether (sulfide) groups is 1. The molecule has 0 unspecified atom stereocenters. The van der Waals surface area contributed by atoms with Gasteiger partial charge in [-0.1, -0.05) is 0 Å². The summed E-state index contributed by atoms with van der Waals surface area (Å²) in [6.45, 7) is 6.32. The highest BCUT2D eigenvalue weighted by molar-refractivity contribution is 8.00. The summed E-state index contributed by atoms with van der Waals surface area (Å²) in [6, 6.07) is 0. The van der Waals surface area contributed by atoms with Crippen LogP contribution >= 0.6 is 23.1 Å². The molecule has 2 heterocycles. The molecule has 112 valence electrons. The third kappa shape index (κ3) is 2.83. The van der Waals surface area contributed by atoms with E-state index in [1.165, 1.54) is 11.3 Å². The van der Waals surface area contributed by atoms with Crippen LogP contribution in [0.2, 0.25) is 0 Å². The lowest BCUT2D eigenvalue weighted by Gasteiger charge is -2.38. The van der Waals surface area contributed by atoms with Gasteiger partial charge < -0.3 is 20.7 Å². The number of carbonyl (C=O) groups is 1. The summed E-state index contributed by atoms with van der Waals surface area (Å²) in [5, 5.41) is 3.57. The fourth-order valence-electron chi connectivity index (χ4n) is 2.29. The molecule has 1 amide bonds. The Bertz CT molecular complexity index is 514. The first kappa shape index (κ1) is 15.3. The second-order valence-corrected chi connectivity index (χ2v) is 8.09. The number of nitrogens with one attached hydrogen (secondary N) is 1. The number of hydrogen-bond acceptors (Lipinski definition) is 6. The molecule has 1 aromatic heterocycles. The number of thiophene rings is 1. The van der Waals surface area contributed by atoms with Crippen LogP contribution in [0.4, 0.5) is 10.7 Å². The second kappa shape index (κ2) is 5.73. The highest BCUT2D eigenvalue weighted by atomic mass is 32.2. The Labute approximate surface area is 127 Å².